The Morgan fingerprint density at radius 1 is 1.47 bits per heavy atom. The van der Waals surface area contributed by atoms with E-state index in [1.165, 1.54) is 0 Å². The molecule has 1 fully saturated rings. The number of carboxylic acid groups (broad SMARTS) is 1. The first-order chi connectivity index (χ1) is 7.89. The van der Waals surface area contributed by atoms with Crippen molar-refractivity contribution >= 4 is 5.97 Å². The van der Waals surface area contributed by atoms with Crippen LogP contribution < -0.4 is 0 Å². The fourth-order valence-electron chi connectivity index (χ4n) is 2.27. The molecule has 17 heavy (non-hydrogen) atoms. The average molecular weight is 234 g/mol. The molecule has 1 aromatic rings. The van der Waals surface area contributed by atoms with E-state index in [1.807, 2.05) is 32.9 Å². The molecule has 3 heteroatoms. The molecule has 0 bridgehead atoms. The van der Waals surface area contributed by atoms with Gasteiger partial charge in [0.25, 0.3) is 0 Å². The topological polar surface area (TPSA) is 49.8 Å². The van der Waals surface area contributed by atoms with Crippen LogP contribution in [-0.2, 0) is 16.6 Å². The molecule has 0 saturated carbocycles. The second-order valence-electron chi connectivity index (χ2n) is 5.55. The highest BCUT2D eigenvalue weighted by Crippen LogP contribution is 2.31. The Bertz CT molecular complexity index is 439. The second kappa shape index (κ2) is 4.15. The van der Waals surface area contributed by atoms with Crippen LogP contribution in [0.2, 0.25) is 0 Å². The third kappa shape index (κ3) is 2.67. The molecule has 0 aromatic heterocycles. The first kappa shape index (κ1) is 12.1. The number of carboxylic acids is 1. The molecular formula is C14H18O3. The minimum Gasteiger partial charge on any atom is -0.478 e. The van der Waals surface area contributed by atoms with Gasteiger partial charge in [0.1, 0.15) is 0 Å². The summed E-state index contributed by atoms with van der Waals surface area (Å²) in [6, 6.07) is 5.51. The Balaban J connectivity index is 2.49. The molecular weight excluding hydrogens is 216 g/mol. The van der Waals surface area contributed by atoms with Crippen molar-refractivity contribution in [1.29, 1.82) is 0 Å². The number of ether oxygens (including phenoxy) is 1. The summed E-state index contributed by atoms with van der Waals surface area (Å²) >= 11 is 0. The zero-order valence-corrected chi connectivity index (χ0v) is 10.5. The normalized spacial score (nSPS) is 19.1. The van der Waals surface area contributed by atoms with E-state index in [0.717, 1.165) is 24.2 Å². The molecule has 1 aliphatic heterocycles. The highest BCUT2D eigenvalue weighted by atomic mass is 16.6. The van der Waals surface area contributed by atoms with Crippen LogP contribution in [0.3, 0.4) is 0 Å². The summed E-state index contributed by atoms with van der Waals surface area (Å²) in [5.74, 6) is -0.853. The molecule has 1 unspecified atom stereocenters. The Kier molecular flexibility index (Phi) is 2.96. The fourth-order valence-corrected chi connectivity index (χ4v) is 2.27. The van der Waals surface area contributed by atoms with Crippen molar-refractivity contribution < 1.29 is 14.6 Å². The molecule has 1 aromatic carbocycles. The SMILES string of the molecule is CC(C)(C)c1c(CC2CO2)cccc1C(=O)O. The van der Waals surface area contributed by atoms with Crippen LogP contribution in [0.1, 0.15) is 42.3 Å². The van der Waals surface area contributed by atoms with Gasteiger partial charge in [-0.1, -0.05) is 32.9 Å². The maximum Gasteiger partial charge on any atom is 0.335 e. The van der Waals surface area contributed by atoms with Gasteiger partial charge in [-0.3, -0.25) is 0 Å². The van der Waals surface area contributed by atoms with E-state index < -0.39 is 5.97 Å². The highest BCUT2D eigenvalue weighted by molar-refractivity contribution is 5.90. The minimum atomic E-state index is -0.853. The van der Waals surface area contributed by atoms with E-state index in [2.05, 4.69) is 0 Å². The van der Waals surface area contributed by atoms with Crippen molar-refractivity contribution in [2.75, 3.05) is 6.61 Å². The number of rotatable bonds is 3. The van der Waals surface area contributed by atoms with E-state index in [4.69, 9.17) is 4.74 Å². The number of benzene rings is 1. The lowest BCUT2D eigenvalue weighted by Gasteiger charge is -2.25. The summed E-state index contributed by atoms with van der Waals surface area (Å²) in [6.07, 6.45) is 1.09. The van der Waals surface area contributed by atoms with Crippen LogP contribution >= 0.6 is 0 Å². The lowest BCUT2D eigenvalue weighted by Crippen LogP contribution is -2.20. The van der Waals surface area contributed by atoms with Crippen molar-refractivity contribution in [3.63, 3.8) is 0 Å². The molecule has 0 amide bonds. The summed E-state index contributed by atoms with van der Waals surface area (Å²) in [5, 5.41) is 9.27. The summed E-state index contributed by atoms with van der Waals surface area (Å²) in [6.45, 7) is 6.94. The van der Waals surface area contributed by atoms with E-state index >= 15 is 0 Å². The zero-order valence-electron chi connectivity index (χ0n) is 10.5. The molecule has 1 atom stereocenters. The Labute approximate surface area is 101 Å². The van der Waals surface area contributed by atoms with Gasteiger partial charge in [0, 0.05) is 6.42 Å². The van der Waals surface area contributed by atoms with E-state index in [0.29, 0.717) is 5.56 Å². The minimum absolute atomic E-state index is 0.167. The van der Waals surface area contributed by atoms with Crippen LogP contribution in [-0.4, -0.2) is 23.8 Å². The lowest BCUT2D eigenvalue weighted by molar-refractivity contribution is 0.0694. The molecule has 2 rings (SSSR count). The first-order valence-electron chi connectivity index (χ1n) is 5.87. The maximum absolute atomic E-state index is 11.3. The standard InChI is InChI=1S/C14H18O3/c1-14(2,3)12-9(7-10-8-17-10)5-4-6-11(12)13(15)16/h4-6,10H,7-8H2,1-3H3,(H,15,16). The smallest absolute Gasteiger partial charge is 0.335 e. The number of hydrogen-bond acceptors (Lipinski definition) is 2. The Morgan fingerprint density at radius 2 is 2.12 bits per heavy atom. The van der Waals surface area contributed by atoms with Crippen molar-refractivity contribution in [2.45, 2.75) is 38.7 Å². The van der Waals surface area contributed by atoms with E-state index in [-0.39, 0.29) is 11.5 Å². The molecule has 0 spiro atoms. The van der Waals surface area contributed by atoms with Crippen LogP contribution in [0.5, 0.6) is 0 Å². The number of epoxide rings is 1. The first-order valence-corrected chi connectivity index (χ1v) is 5.87. The molecule has 1 N–H and O–H groups in total. The van der Waals surface area contributed by atoms with Crippen molar-refractivity contribution in [3.8, 4) is 0 Å². The Hall–Kier alpha value is -1.35. The van der Waals surface area contributed by atoms with Gasteiger partial charge in [-0.15, -0.1) is 0 Å². The monoisotopic (exact) mass is 234 g/mol. The number of hydrogen-bond donors (Lipinski definition) is 1. The van der Waals surface area contributed by atoms with Crippen molar-refractivity contribution in [3.05, 3.63) is 34.9 Å². The summed E-state index contributed by atoms with van der Waals surface area (Å²) in [5.41, 5.74) is 2.28. The predicted molar refractivity (Wildman–Crippen MR) is 65.5 cm³/mol. The highest BCUT2D eigenvalue weighted by Gasteiger charge is 2.29. The number of carbonyl (C=O) groups is 1. The van der Waals surface area contributed by atoms with Gasteiger partial charge in [0.15, 0.2) is 0 Å². The largest absolute Gasteiger partial charge is 0.478 e. The van der Waals surface area contributed by atoms with Crippen LogP contribution in [0.4, 0.5) is 0 Å². The lowest BCUT2D eigenvalue weighted by atomic mass is 9.79. The van der Waals surface area contributed by atoms with Crippen LogP contribution in [0.25, 0.3) is 0 Å². The summed E-state index contributed by atoms with van der Waals surface area (Å²) in [7, 11) is 0. The van der Waals surface area contributed by atoms with E-state index in [1.54, 1.807) is 6.07 Å². The summed E-state index contributed by atoms with van der Waals surface area (Å²) in [4.78, 5) is 11.3. The Morgan fingerprint density at radius 3 is 2.59 bits per heavy atom. The third-order valence-electron chi connectivity index (χ3n) is 2.98. The molecule has 1 saturated heterocycles. The van der Waals surface area contributed by atoms with Gasteiger partial charge in [-0.2, -0.15) is 0 Å². The fraction of sp³-hybridized carbons (Fsp3) is 0.500. The predicted octanol–water partition coefficient (Wildman–Crippen LogP) is 2.62. The summed E-state index contributed by atoms with van der Waals surface area (Å²) < 4.78 is 5.23. The molecule has 1 aliphatic rings. The van der Waals surface area contributed by atoms with Gasteiger partial charge < -0.3 is 9.84 Å². The molecule has 3 nitrogen and oxygen atoms in total. The van der Waals surface area contributed by atoms with Gasteiger partial charge >= 0.3 is 5.97 Å². The third-order valence-corrected chi connectivity index (χ3v) is 2.98. The average Bonchev–Trinajstić information content (AvgIpc) is 2.99. The van der Waals surface area contributed by atoms with Gasteiger partial charge in [0.2, 0.25) is 0 Å². The maximum atomic E-state index is 11.3. The molecule has 0 aliphatic carbocycles. The van der Waals surface area contributed by atoms with Gasteiger partial charge in [0.05, 0.1) is 18.3 Å². The second-order valence-corrected chi connectivity index (χ2v) is 5.55. The van der Waals surface area contributed by atoms with Crippen LogP contribution in [0.15, 0.2) is 18.2 Å². The quantitative estimate of drug-likeness (QED) is 0.818. The molecule has 1 heterocycles. The molecule has 0 radical (unpaired) electrons. The van der Waals surface area contributed by atoms with Crippen LogP contribution in [0, 0.1) is 0 Å². The molecule has 92 valence electrons. The number of aromatic carboxylic acids is 1. The van der Waals surface area contributed by atoms with E-state index in [9.17, 15) is 9.90 Å². The van der Waals surface area contributed by atoms with Gasteiger partial charge in [-0.25, -0.2) is 4.79 Å². The zero-order chi connectivity index (χ0) is 12.6. The van der Waals surface area contributed by atoms with Crippen molar-refractivity contribution in [1.82, 2.24) is 0 Å². The van der Waals surface area contributed by atoms with Gasteiger partial charge in [-0.05, 0) is 22.6 Å². The van der Waals surface area contributed by atoms with Crippen molar-refractivity contribution in [2.24, 2.45) is 0 Å².